The van der Waals surface area contributed by atoms with Gasteiger partial charge in [-0.25, -0.2) is 4.68 Å². The van der Waals surface area contributed by atoms with Crippen molar-refractivity contribution < 1.29 is 19.2 Å². The Hall–Kier alpha value is -4.60. The number of aromatic nitrogens is 3. The Bertz CT molecular complexity index is 1390. The lowest BCUT2D eigenvalue weighted by Crippen LogP contribution is -2.30. The first-order valence-electron chi connectivity index (χ1n) is 11.3. The molecule has 2 heterocycles. The van der Waals surface area contributed by atoms with Crippen LogP contribution in [0, 0.1) is 10.1 Å². The summed E-state index contributed by atoms with van der Waals surface area (Å²) in [5.41, 5.74) is 3.34. The normalized spacial score (nSPS) is 10.8. The zero-order valence-electron chi connectivity index (χ0n) is 20.5. The smallest absolute Gasteiger partial charge is 0.272 e. The quantitative estimate of drug-likeness (QED) is 0.259. The second-order valence-electron chi connectivity index (χ2n) is 8.27. The lowest BCUT2D eigenvalue weighted by atomic mass is 10.1. The third kappa shape index (κ3) is 4.92. The molecule has 10 heteroatoms. The van der Waals surface area contributed by atoms with Crippen LogP contribution in [-0.2, 0) is 13.5 Å². The predicted octanol–water partition coefficient (Wildman–Crippen LogP) is 4.12. The summed E-state index contributed by atoms with van der Waals surface area (Å²) in [4.78, 5) is 25.8. The lowest BCUT2D eigenvalue weighted by Gasteiger charge is -2.18. The average Bonchev–Trinajstić information content (AvgIpc) is 3.52. The third-order valence-corrected chi connectivity index (χ3v) is 5.97. The topological polar surface area (TPSA) is 105 Å². The Kier molecular flexibility index (Phi) is 7.05. The van der Waals surface area contributed by atoms with Crippen LogP contribution in [0.4, 0.5) is 5.69 Å². The molecule has 36 heavy (non-hydrogen) atoms. The largest absolute Gasteiger partial charge is 0.493 e. The van der Waals surface area contributed by atoms with Crippen LogP contribution in [0.3, 0.4) is 0 Å². The third-order valence-electron chi connectivity index (χ3n) is 5.97. The van der Waals surface area contributed by atoms with Gasteiger partial charge in [0.2, 0.25) is 0 Å². The van der Waals surface area contributed by atoms with Crippen molar-refractivity contribution in [2.45, 2.75) is 6.42 Å². The van der Waals surface area contributed by atoms with Crippen molar-refractivity contribution in [3.05, 3.63) is 88.2 Å². The van der Waals surface area contributed by atoms with Crippen LogP contribution in [0.25, 0.3) is 17.1 Å². The summed E-state index contributed by atoms with van der Waals surface area (Å²) in [5.74, 6) is 1.06. The van der Waals surface area contributed by atoms with Crippen LogP contribution >= 0.6 is 0 Å². The number of aryl methyl sites for hydroxylation is 1. The molecule has 0 N–H and O–H groups in total. The molecule has 2 aromatic carbocycles. The van der Waals surface area contributed by atoms with E-state index in [1.807, 2.05) is 48.1 Å². The van der Waals surface area contributed by atoms with E-state index in [4.69, 9.17) is 9.47 Å². The molecule has 0 aliphatic heterocycles. The predicted molar refractivity (Wildman–Crippen MR) is 135 cm³/mol. The number of carbonyl (C=O) groups is 1. The molecule has 0 atom stereocenters. The molecule has 0 bridgehead atoms. The summed E-state index contributed by atoms with van der Waals surface area (Å²) >= 11 is 0. The number of nitro benzene ring substituents is 1. The number of likely N-dealkylation sites (N-methyl/N-ethyl adjacent to an activating group) is 1. The molecule has 10 nitrogen and oxygen atoms in total. The summed E-state index contributed by atoms with van der Waals surface area (Å²) in [6.45, 7) is 0.458. The molecule has 0 radical (unpaired) electrons. The summed E-state index contributed by atoms with van der Waals surface area (Å²) in [7, 11) is 6.80. The highest BCUT2D eigenvalue weighted by molar-refractivity contribution is 5.94. The number of carbonyl (C=O) groups excluding carboxylic acids is 1. The standard InChI is InChI=1S/C26H27N5O5/c1-28-14-5-6-22(28)21-17-23(30(27-21)19-8-10-20(11-9-19)31(33)34)26(32)29(2)15-13-18-7-12-24(35-3)25(16-18)36-4/h5-12,14,16-17H,13,15H2,1-4H3. The summed E-state index contributed by atoms with van der Waals surface area (Å²) in [6, 6.07) is 17.2. The molecule has 186 valence electrons. The molecule has 4 aromatic rings. The fraction of sp³-hybridized carbons (Fsp3) is 0.231. The number of benzene rings is 2. The van der Waals surface area contributed by atoms with E-state index in [1.54, 1.807) is 44.4 Å². The summed E-state index contributed by atoms with van der Waals surface area (Å²) in [5, 5.41) is 15.7. The van der Waals surface area contributed by atoms with Crippen molar-refractivity contribution in [2.24, 2.45) is 7.05 Å². The molecule has 1 amide bonds. The van der Waals surface area contributed by atoms with E-state index in [0.29, 0.717) is 41.5 Å². The van der Waals surface area contributed by atoms with Gasteiger partial charge < -0.3 is 18.9 Å². The first-order valence-corrected chi connectivity index (χ1v) is 11.3. The van der Waals surface area contributed by atoms with Crippen molar-refractivity contribution in [2.75, 3.05) is 27.8 Å². The molecule has 0 saturated carbocycles. The molecule has 2 aromatic heterocycles. The second kappa shape index (κ2) is 10.3. The van der Waals surface area contributed by atoms with Gasteiger partial charge in [0.15, 0.2) is 11.5 Å². The fourth-order valence-electron chi connectivity index (χ4n) is 3.93. The lowest BCUT2D eigenvalue weighted by molar-refractivity contribution is -0.384. The van der Waals surface area contributed by atoms with E-state index in [2.05, 4.69) is 5.10 Å². The van der Waals surface area contributed by atoms with E-state index in [1.165, 1.54) is 16.8 Å². The number of amides is 1. The molecular weight excluding hydrogens is 462 g/mol. The van der Waals surface area contributed by atoms with E-state index in [-0.39, 0.29) is 11.6 Å². The van der Waals surface area contributed by atoms with Crippen LogP contribution in [0.15, 0.2) is 66.9 Å². The maximum Gasteiger partial charge on any atom is 0.272 e. The first kappa shape index (κ1) is 24.5. The molecule has 0 spiro atoms. The van der Waals surface area contributed by atoms with E-state index < -0.39 is 4.92 Å². The Morgan fingerprint density at radius 1 is 1.06 bits per heavy atom. The number of nitro groups is 1. The zero-order chi connectivity index (χ0) is 25.8. The van der Waals surface area contributed by atoms with E-state index in [0.717, 1.165) is 11.3 Å². The van der Waals surface area contributed by atoms with Crippen molar-refractivity contribution in [1.82, 2.24) is 19.2 Å². The molecular formula is C26H27N5O5. The number of non-ortho nitro benzene ring substituents is 1. The van der Waals surface area contributed by atoms with Crippen LogP contribution in [0.2, 0.25) is 0 Å². The maximum atomic E-state index is 13.5. The summed E-state index contributed by atoms with van der Waals surface area (Å²) in [6.07, 6.45) is 2.51. The zero-order valence-corrected chi connectivity index (χ0v) is 20.5. The molecule has 0 unspecified atom stereocenters. The average molecular weight is 490 g/mol. The van der Waals surface area contributed by atoms with Gasteiger partial charge in [-0.2, -0.15) is 5.10 Å². The molecule has 0 aliphatic carbocycles. The van der Waals surface area contributed by atoms with Crippen LogP contribution < -0.4 is 9.47 Å². The molecule has 0 aliphatic rings. The Morgan fingerprint density at radius 3 is 2.39 bits per heavy atom. The van der Waals surface area contributed by atoms with Crippen molar-refractivity contribution in [3.8, 4) is 28.6 Å². The Labute approximate surface area is 208 Å². The van der Waals surface area contributed by atoms with Gasteiger partial charge in [0.1, 0.15) is 11.4 Å². The second-order valence-corrected chi connectivity index (χ2v) is 8.27. The molecule has 0 fully saturated rings. The van der Waals surface area contributed by atoms with Crippen LogP contribution in [0.1, 0.15) is 16.1 Å². The van der Waals surface area contributed by atoms with Gasteiger partial charge in [0, 0.05) is 39.0 Å². The van der Waals surface area contributed by atoms with Crippen LogP contribution in [0.5, 0.6) is 11.5 Å². The van der Waals surface area contributed by atoms with Gasteiger partial charge in [-0.3, -0.25) is 14.9 Å². The minimum atomic E-state index is -0.462. The number of methoxy groups -OCH3 is 2. The highest BCUT2D eigenvalue weighted by Gasteiger charge is 2.22. The fourth-order valence-corrected chi connectivity index (χ4v) is 3.93. The van der Waals surface area contributed by atoms with Crippen molar-refractivity contribution in [3.63, 3.8) is 0 Å². The van der Waals surface area contributed by atoms with Gasteiger partial charge in [-0.05, 0) is 54.4 Å². The van der Waals surface area contributed by atoms with Crippen molar-refractivity contribution in [1.29, 1.82) is 0 Å². The van der Waals surface area contributed by atoms with E-state index in [9.17, 15) is 14.9 Å². The maximum absolute atomic E-state index is 13.5. The highest BCUT2D eigenvalue weighted by Crippen LogP contribution is 2.28. The molecule has 0 saturated heterocycles. The molecule has 4 rings (SSSR count). The minimum Gasteiger partial charge on any atom is -0.493 e. The van der Waals surface area contributed by atoms with Gasteiger partial charge in [0.05, 0.1) is 30.5 Å². The first-order chi connectivity index (χ1) is 17.3. The van der Waals surface area contributed by atoms with Gasteiger partial charge in [0.25, 0.3) is 11.6 Å². The monoisotopic (exact) mass is 489 g/mol. The van der Waals surface area contributed by atoms with E-state index >= 15 is 0 Å². The van der Waals surface area contributed by atoms with Gasteiger partial charge >= 0.3 is 0 Å². The number of hydrogen-bond acceptors (Lipinski definition) is 6. The van der Waals surface area contributed by atoms with Crippen molar-refractivity contribution >= 4 is 11.6 Å². The minimum absolute atomic E-state index is 0.0338. The van der Waals surface area contributed by atoms with Crippen LogP contribution in [-0.4, -0.2) is 57.9 Å². The number of nitrogens with zero attached hydrogens (tertiary/aromatic N) is 5. The number of ether oxygens (including phenoxy) is 2. The van der Waals surface area contributed by atoms with Gasteiger partial charge in [-0.1, -0.05) is 6.07 Å². The Morgan fingerprint density at radius 2 is 1.78 bits per heavy atom. The number of rotatable bonds is 9. The highest BCUT2D eigenvalue weighted by atomic mass is 16.6. The summed E-state index contributed by atoms with van der Waals surface area (Å²) < 4.78 is 14.1. The SMILES string of the molecule is COc1ccc(CCN(C)C(=O)c2cc(-c3cccn3C)nn2-c2ccc([N+](=O)[O-])cc2)cc1OC. The Balaban J connectivity index is 1.62. The number of hydrogen-bond donors (Lipinski definition) is 0. The van der Waals surface area contributed by atoms with Gasteiger partial charge in [-0.15, -0.1) is 0 Å².